The fraction of sp³-hybridized carbons (Fsp3) is 0.519. The van der Waals surface area contributed by atoms with Gasteiger partial charge in [-0.05, 0) is 44.1 Å². The number of imidazole rings is 1. The first-order chi connectivity index (χ1) is 17.7. The Labute approximate surface area is 233 Å². The first kappa shape index (κ1) is 28.6. The molecule has 4 heterocycles. The van der Waals surface area contributed by atoms with Crippen LogP contribution in [0.25, 0.3) is 4.83 Å². The van der Waals surface area contributed by atoms with Gasteiger partial charge in [0.25, 0.3) is 0 Å². The van der Waals surface area contributed by atoms with Crippen LogP contribution in [0.1, 0.15) is 67.3 Å². The maximum Gasteiger partial charge on any atom is 0.231 e. The lowest BCUT2D eigenvalue weighted by Gasteiger charge is -2.54. The molecule has 0 aliphatic carbocycles. The number of aromatic nitrogens is 3. The highest BCUT2D eigenvalue weighted by molar-refractivity contribution is 7.19. The van der Waals surface area contributed by atoms with Crippen LogP contribution < -0.4 is 0 Å². The smallest absolute Gasteiger partial charge is 0.231 e. The zero-order chi connectivity index (χ0) is 28.2. The molecule has 0 saturated carbocycles. The zero-order valence-corrected chi connectivity index (χ0v) is 25.6. The van der Waals surface area contributed by atoms with Crippen LogP contribution in [0.3, 0.4) is 0 Å². The van der Waals surface area contributed by atoms with Crippen LogP contribution in [-0.4, -0.2) is 62.7 Å². The second-order valence-electron chi connectivity index (χ2n) is 11.5. The van der Waals surface area contributed by atoms with Crippen LogP contribution in [0, 0.1) is 11.8 Å². The van der Waals surface area contributed by atoms with Crippen LogP contribution in [0.2, 0.25) is 18.1 Å². The minimum Gasteiger partial charge on any atom is -0.413 e. The number of β-lactam (4-membered cyclic amide) rings is 1. The van der Waals surface area contributed by atoms with Crippen molar-refractivity contribution in [3.05, 3.63) is 53.2 Å². The molecule has 0 spiro atoms. The van der Waals surface area contributed by atoms with Gasteiger partial charge >= 0.3 is 0 Å². The quantitative estimate of drug-likeness (QED) is 0.108. The molecule has 3 aromatic rings. The molecule has 5 atom stereocenters. The van der Waals surface area contributed by atoms with Crippen LogP contribution in [0.4, 0.5) is 0 Å². The van der Waals surface area contributed by atoms with Gasteiger partial charge in [0.2, 0.25) is 11.7 Å². The number of alkyl halides is 1. The molecule has 0 radical (unpaired) electrons. The highest BCUT2D eigenvalue weighted by atomic mass is 35.5. The molecule has 1 amide bonds. The van der Waals surface area contributed by atoms with Crippen molar-refractivity contribution in [2.75, 3.05) is 0 Å². The topological polar surface area (TPSA) is 93.9 Å². The summed E-state index contributed by atoms with van der Waals surface area (Å²) in [6.45, 7) is 16.3. The zero-order valence-electron chi connectivity index (χ0n) is 23.1. The number of hydrogen-bond donors (Lipinski definition) is 0. The van der Waals surface area contributed by atoms with Crippen LogP contribution in [0.15, 0.2) is 37.1 Å². The van der Waals surface area contributed by atoms with Crippen molar-refractivity contribution in [1.82, 2.24) is 19.3 Å². The third kappa shape index (κ3) is 4.99. The summed E-state index contributed by atoms with van der Waals surface area (Å²) in [5, 5.41) is -0.0117. The lowest BCUT2D eigenvalue weighted by molar-refractivity contribution is -0.167. The predicted molar refractivity (Wildman–Crippen MR) is 151 cm³/mol. The first-order valence-corrected chi connectivity index (χ1v) is 16.9. The standard InChI is InChI=1S/C27H35ClN4O4SSi/c1-15(22-20(25(35)32(22)17(3)28)16(2)36-38(7,8)27(4,5)6)23(33)19-13-31-14-30-21(26(31)37-19)24(34)18-10-9-11-29-12-18/h9-17,20,22H,1-8H3/t15-,16+,17?,20-,22-/m1/s1. The number of ketones is 2. The first-order valence-electron chi connectivity index (χ1n) is 12.7. The second-order valence-corrected chi connectivity index (χ2v) is 18.0. The molecular weight excluding hydrogens is 540 g/mol. The van der Waals surface area contributed by atoms with E-state index in [0.717, 1.165) is 0 Å². The molecule has 38 heavy (non-hydrogen) atoms. The van der Waals surface area contributed by atoms with Crippen molar-refractivity contribution in [2.45, 2.75) is 77.3 Å². The van der Waals surface area contributed by atoms with E-state index in [1.807, 2.05) is 13.8 Å². The minimum absolute atomic E-state index is 0.0117. The molecule has 8 nitrogen and oxygen atoms in total. The van der Waals surface area contributed by atoms with Crippen molar-refractivity contribution in [2.24, 2.45) is 11.8 Å². The maximum atomic E-state index is 13.8. The fourth-order valence-electron chi connectivity index (χ4n) is 4.80. The number of Topliss-reactive ketones (excluding diaryl/α,β-unsaturated/α-hetero) is 1. The van der Waals surface area contributed by atoms with Crippen molar-refractivity contribution in [1.29, 1.82) is 0 Å². The van der Waals surface area contributed by atoms with Gasteiger partial charge in [-0.15, -0.1) is 11.3 Å². The molecule has 11 heteroatoms. The van der Waals surface area contributed by atoms with Gasteiger partial charge in [-0.25, -0.2) is 4.98 Å². The number of fused-ring (bicyclic) bond motifs is 1. The van der Waals surface area contributed by atoms with Gasteiger partial charge in [-0.3, -0.25) is 23.8 Å². The van der Waals surface area contributed by atoms with Crippen molar-refractivity contribution in [3.63, 3.8) is 0 Å². The van der Waals surface area contributed by atoms with Crippen LogP contribution in [-0.2, 0) is 9.22 Å². The van der Waals surface area contributed by atoms with Gasteiger partial charge in [0.15, 0.2) is 14.1 Å². The minimum atomic E-state index is -2.14. The number of rotatable bonds is 9. The van der Waals surface area contributed by atoms with E-state index in [2.05, 4.69) is 43.8 Å². The van der Waals surface area contributed by atoms with E-state index < -0.39 is 31.7 Å². The van der Waals surface area contributed by atoms with E-state index in [1.54, 1.807) is 40.8 Å². The molecule has 1 saturated heterocycles. The maximum absolute atomic E-state index is 13.8. The number of likely N-dealkylation sites (tertiary alicyclic amines) is 1. The second kappa shape index (κ2) is 10.3. The number of carbonyl (C=O) groups excluding carboxylic acids is 3. The van der Waals surface area contributed by atoms with Gasteiger partial charge in [0, 0.05) is 30.1 Å². The largest absolute Gasteiger partial charge is 0.413 e. The summed E-state index contributed by atoms with van der Waals surface area (Å²) < 4.78 is 8.27. The van der Waals surface area contributed by atoms with Crippen LogP contribution in [0.5, 0.6) is 0 Å². The van der Waals surface area contributed by atoms with Gasteiger partial charge in [-0.2, -0.15) is 0 Å². The summed E-state index contributed by atoms with van der Waals surface area (Å²) in [7, 11) is -2.14. The summed E-state index contributed by atoms with van der Waals surface area (Å²) in [6.07, 6.45) is 5.99. The number of halogens is 1. The monoisotopic (exact) mass is 574 g/mol. The molecule has 204 valence electrons. The van der Waals surface area contributed by atoms with E-state index in [4.69, 9.17) is 16.0 Å². The summed E-state index contributed by atoms with van der Waals surface area (Å²) >= 11 is 7.63. The Morgan fingerprint density at radius 1 is 1.21 bits per heavy atom. The van der Waals surface area contributed by atoms with Crippen molar-refractivity contribution >= 4 is 53.6 Å². The Kier molecular flexibility index (Phi) is 7.75. The number of thiazole rings is 1. The number of hydrogen-bond acceptors (Lipinski definition) is 7. The average Bonchev–Trinajstić information content (AvgIpc) is 3.41. The highest BCUT2D eigenvalue weighted by Crippen LogP contribution is 2.43. The van der Waals surface area contributed by atoms with Gasteiger partial charge in [0.1, 0.15) is 22.4 Å². The summed E-state index contributed by atoms with van der Waals surface area (Å²) in [5.74, 6) is -1.42. The molecule has 1 fully saturated rings. The molecule has 1 unspecified atom stereocenters. The van der Waals surface area contributed by atoms with E-state index in [0.29, 0.717) is 15.3 Å². The van der Waals surface area contributed by atoms with E-state index >= 15 is 0 Å². The molecule has 1 aliphatic heterocycles. The Hall–Kier alpha value is -2.40. The van der Waals surface area contributed by atoms with Crippen molar-refractivity contribution < 1.29 is 18.8 Å². The molecular formula is C27H35ClN4O4SSi. The fourth-order valence-corrected chi connectivity index (χ4v) is 7.56. The van der Waals surface area contributed by atoms with Gasteiger partial charge < -0.3 is 9.33 Å². The normalized spacial score (nSPS) is 20.8. The summed E-state index contributed by atoms with van der Waals surface area (Å²) in [4.78, 5) is 50.9. The Balaban J connectivity index is 1.60. The van der Waals surface area contributed by atoms with E-state index in [-0.39, 0.29) is 34.3 Å². The Morgan fingerprint density at radius 3 is 2.47 bits per heavy atom. The molecule has 1 aliphatic rings. The molecule has 0 N–H and O–H groups in total. The molecule has 3 aromatic heterocycles. The Morgan fingerprint density at radius 2 is 1.89 bits per heavy atom. The lowest BCUT2D eigenvalue weighted by Crippen LogP contribution is -2.69. The van der Waals surface area contributed by atoms with E-state index in [9.17, 15) is 14.4 Å². The Bertz CT molecular complexity index is 1360. The van der Waals surface area contributed by atoms with Crippen molar-refractivity contribution in [3.8, 4) is 0 Å². The number of carbonyl (C=O) groups is 3. The summed E-state index contributed by atoms with van der Waals surface area (Å²) in [5.41, 5.74) is 0.158. The lowest BCUT2D eigenvalue weighted by atomic mass is 9.75. The van der Waals surface area contributed by atoms with Crippen LogP contribution >= 0.6 is 22.9 Å². The summed E-state index contributed by atoms with van der Waals surface area (Å²) in [6, 6.07) is 2.99. The third-order valence-corrected chi connectivity index (χ3v) is 13.8. The highest BCUT2D eigenvalue weighted by Gasteiger charge is 2.56. The van der Waals surface area contributed by atoms with Gasteiger partial charge in [-0.1, -0.05) is 39.3 Å². The number of pyridine rings is 1. The van der Waals surface area contributed by atoms with Gasteiger partial charge in [0.05, 0.1) is 22.9 Å². The van der Waals surface area contributed by atoms with E-state index in [1.165, 1.54) is 23.9 Å². The SMILES string of the molecule is CC(Cl)N1C(=O)[C@H]([C@H](C)O[Si](C)(C)C(C)(C)C)[C@H]1[C@@H](C)C(=O)c1cn2cnc(C(=O)c3cccnc3)c2s1. The third-order valence-electron chi connectivity index (χ3n) is 7.92. The molecule has 0 bridgehead atoms. The molecule has 4 rings (SSSR count). The number of nitrogens with zero attached hydrogens (tertiary/aromatic N) is 4. The average molecular weight is 575 g/mol. The predicted octanol–water partition coefficient (Wildman–Crippen LogP) is 5.66. The molecule has 0 aromatic carbocycles. The number of amides is 1.